The normalized spacial score (nSPS) is 17.6. The van der Waals surface area contributed by atoms with Crippen molar-refractivity contribution in [3.63, 3.8) is 0 Å². The van der Waals surface area contributed by atoms with Gasteiger partial charge in [0, 0.05) is 0 Å². The maximum absolute atomic E-state index is 12.4. The number of rotatable bonds is 6. The molecular weight excluding hydrogens is 278 g/mol. The van der Waals surface area contributed by atoms with Gasteiger partial charge < -0.3 is 9.84 Å². The minimum Gasteiger partial charge on any atom is -0.494 e. The van der Waals surface area contributed by atoms with Crippen molar-refractivity contribution in [2.45, 2.75) is 43.5 Å². The van der Waals surface area contributed by atoms with E-state index in [0.29, 0.717) is 25.2 Å². The molecule has 0 spiro atoms. The Labute approximate surface area is 120 Å². The molecule has 1 aliphatic carbocycles. The molecule has 0 aromatic heterocycles. The molecule has 1 saturated carbocycles. The first kappa shape index (κ1) is 15.3. The molecule has 0 atom stereocenters. The Morgan fingerprint density at radius 2 is 2.10 bits per heavy atom. The molecule has 0 bridgehead atoms. The molecule has 1 aromatic carbocycles. The van der Waals surface area contributed by atoms with E-state index in [4.69, 9.17) is 4.74 Å². The van der Waals surface area contributed by atoms with Crippen molar-refractivity contribution in [3.05, 3.63) is 23.8 Å². The second-order valence-electron chi connectivity index (χ2n) is 5.26. The highest BCUT2D eigenvalue weighted by Crippen LogP contribution is 2.33. The molecule has 5 nitrogen and oxygen atoms in total. The summed E-state index contributed by atoms with van der Waals surface area (Å²) >= 11 is 0. The van der Waals surface area contributed by atoms with Gasteiger partial charge in [-0.2, -0.15) is 0 Å². The first-order valence-corrected chi connectivity index (χ1v) is 8.29. The van der Waals surface area contributed by atoms with Crippen LogP contribution in [0.4, 0.5) is 0 Å². The van der Waals surface area contributed by atoms with Gasteiger partial charge in [-0.1, -0.05) is 0 Å². The maximum atomic E-state index is 12.4. The van der Waals surface area contributed by atoms with Crippen LogP contribution in [0.1, 0.15) is 31.7 Å². The van der Waals surface area contributed by atoms with Crippen LogP contribution in [0.3, 0.4) is 0 Å². The lowest BCUT2D eigenvalue weighted by molar-refractivity contribution is 0.110. The van der Waals surface area contributed by atoms with Gasteiger partial charge in [0.25, 0.3) is 0 Å². The highest BCUT2D eigenvalue weighted by Gasteiger charge is 2.40. The molecule has 6 heteroatoms. The summed E-state index contributed by atoms with van der Waals surface area (Å²) in [7, 11) is -3.61. The third kappa shape index (κ3) is 2.97. The van der Waals surface area contributed by atoms with E-state index >= 15 is 0 Å². The van der Waals surface area contributed by atoms with Crippen molar-refractivity contribution in [2.75, 3.05) is 13.2 Å². The largest absolute Gasteiger partial charge is 0.494 e. The molecule has 2 N–H and O–H groups in total. The van der Waals surface area contributed by atoms with Crippen LogP contribution in [0, 0.1) is 6.92 Å². The molecule has 0 saturated heterocycles. The number of aliphatic hydroxyl groups is 1. The minimum absolute atomic E-state index is 0.164. The number of sulfonamides is 1. The SMILES string of the molecule is CCOc1ccc(S(=O)(=O)NC2(CO)CCC2)cc1C. The number of nitrogens with one attached hydrogen (secondary N) is 1. The third-order valence-electron chi connectivity index (χ3n) is 3.72. The average Bonchev–Trinajstić information content (AvgIpc) is 2.36. The predicted molar refractivity (Wildman–Crippen MR) is 76.3 cm³/mol. The fourth-order valence-electron chi connectivity index (χ4n) is 2.35. The molecule has 2 rings (SSSR count). The monoisotopic (exact) mass is 299 g/mol. The van der Waals surface area contributed by atoms with Gasteiger partial charge in [-0.05, 0) is 56.9 Å². The van der Waals surface area contributed by atoms with Crippen LogP contribution in [0.5, 0.6) is 5.75 Å². The first-order valence-electron chi connectivity index (χ1n) is 6.81. The van der Waals surface area contributed by atoms with Gasteiger partial charge in [-0.25, -0.2) is 13.1 Å². The zero-order valence-corrected chi connectivity index (χ0v) is 12.7. The standard InChI is InChI=1S/C14H21NO4S/c1-3-19-13-6-5-12(9-11(13)2)20(17,18)15-14(10-16)7-4-8-14/h5-6,9,15-16H,3-4,7-8,10H2,1-2H3. The van der Waals surface area contributed by atoms with E-state index in [1.54, 1.807) is 12.1 Å². The van der Waals surface area contributed by atoms with E-state index in [1.165, 1.54) is 6.07 Å². The van der Waals surface area contributed by atoms with Gasteiger partial charge in [-0.3, -0.25) is 0 Å². The molecule has 0 amide bonds. The van der Waals surface area contributed by atoms with Crippen molar-refractivity contribution in [2.24, 2.45) is 0 Å². The van der Waals surface area contributed by atoms with Crippen molar-refractivity contribution >= 4 is 10.0 Å². The lowest BCUT2D eigenvalue weighted by Crippen LogP contribution is -2.55. The summed E-state index contributed by atoms with van der Waals surface area (Å²) in [4.78, 5) is 0.207. The highest BCUT2D eigenvalue weighted by atomic mass is 32.2. The summed E-state index contributed by atoms with van der Waals surface area (Å²) in [5.41, 5.74) is 0.104. The van der Waals surface area contributed by atoms with E-state index in [1.807, 2.05) is 13.8 Å². The Morgan fingerprint density at radius 1 is 1.40 bits per heavy atom. The van der Waals surface area contributed by atoms with E-state index < -0.39 is 15.6 Å². The average molecular weight is 299 g/mol. The van der Waals surface area contributed by atoms with Gasteiger partial charge in [-0.15, -0.1) is 0 Å². The third-order valence-corrected chi connectivity index (χ3v) is 5.30. The summed E-state index contributed by atoms with van der Waals surface area (Å²) in [5, 5.41) is 9.37. The molecule has 0 heterocycles. The van der Waals surface area contributed by atoms with Crippen molar-refractivity contribution in [1.29, 1.82) is 0 Å². The number of hydrogen-bond acceptors (Lipinski definition) is 4. The molecule has 0 radical (unpaired) electrons. The van der Waals surface area contributed by atoms with Crippen LogP contribution in [-0.2, 0) is 10.0 Å². The van der Waals surface area contributed by atoms with Crippen LogP contribution < -0.4 is 9.46 Å². The van der Waals surface area contributed by atoms with Gasteiger partial charge >= 0.3 is 0 Å². The number of benzene rings is 1. The minimum atomic E-state index is -3.61. The summed E-state index contributed by atoms with van der Waals surface area (Å²) in [5.74, 6) is 0.687. The molecule has 0 aliphatic heterocycles. The van der Waals surface area contributed by atoms with Crippen molar-refractivity contribution in [3.8, 4) is 5.75 Å². The van der Waals surface area contributed by atoms with Gasteiger partial charge in [0.15, 0.2) is 0 Å². The Bertz CT molecular complexity index is 573. The van der Waals surface area contributed by atoms with Crippen molar-refractivity contribution < 1.29 is 18.3 Å². The van der Waals surface area contributed by atoms with Crippen LogP contribution in [0.2, 0.25) is 0 Å². The van der Waals surface area contributed by atoms with Gasteiger partial charge in [0.1, 0.15) is 5.75 Å². The summed E-state index contributed by atoms with van der Waals surface area (Å²) in [6.07, 6.45) is 2.29. The molecule has 1 aromatic rings. The zero-order chi connectivity index (χ0) is 14.8. The topological polar surface area (TPSA) is 75.6 Å². The van der Waals surface area contributed by atoms with Crippen LogP contribution >= 0.6 is 0 Å². The highest BCUT2D eigenvalue weighted by molar-refractivity contribution is 7.89. The van der Waals surface area contributed by atoms with Crippen molar-refractivity contribution in [1.82, 2.24) is 4.72 Å². The lowest BCUT2D eigenvalue weighted by Gasteiger charge is -2.40. The van der Waals surface area contributed by atoms with Gasteiger partial charge in [0.05, 0.1) is 23.6 Å². The van der Waals surface area contributed by atoms with E-state index in [0.717, 1.165) is 12.0 Å². The molecular formula is C14H21NO4S. The Morgan fingerprint density at radius 3 is 2.55 bits per heavy atom. The summed E-state index contributed by atoms with van der Waals surface area (Å²) in [6.45, 7) is 4.07. The molecule has 1 aliphatic rings. The molecule has 112 valence electrons. The quantitative estimate of drug-likeness (QED) is 0.836. The Hall–Kier alpha value is -1.11. The smallest absolute Gasteiger partial charge is 0.241 e. The van der Waals surface area contributed by atoms with Crippen LogP contribution in [0.25, 0.3) is 0 Å². The number of hydrogen-bond donors (Lipinski definition) is 2. The number of aryl methyl sites for hydroxylation is 1. The summed E-state index contributed by atoms with van der Waals surface area (Å²) in [6, 6.07) is 4.79. The van der Waals surface area contributed by atoms with Crippen LogP contribution in [0.15, 0.2) is 23.1 Å². The van der Waals surface area contributed by atoms with Gasteiger partial charge in [0.2, 0.25) is 10.0 Å². The second-order valence-corrected chi connectivity index (χ2v) is 6.94. The lowest BCUT2D eigenvalue weighted by atomic mass is 9.78. The Kier molecular flexibility index (Phi) is 4.36. The van der Waals surface area contributed by atoms with E-state index in [2.05, 4.69) is 4.72 Å². The molecule has 0 unspecified atom stereocenters. The first-order chi connectivity index (χ1) is 9.42. The van der Waals surface area contributed by atoms with E-state index in [-0.39, 0.29) is 11.5 Å². The maximum Gasteiger partial charge on any atom is 0.241 e. The zero-order valence-electron chi connectivity index (χ0n) is 11.8. The van der Waals surface area contributed by atoms with E-state index in [9.17, 15) is 13.5 Å². The molecule has 1 fully saturated rings. The number of aliphatic hydroxyl groups excluding tert-OH is 1. The Balaban J connectivity index is 2.23. The second kappa shape index (κ2) is 5.71. The summed E-state index contributed by atoms with van der Waals surface area (Å²) < 4.78 is 32.8. The molecule has 20 heavy (non-hydrogen) atoms. The fourth-order valence-corrected chi connectivity index (χ4v) is 3.88. The predicted octanol–water partition coefficient (Wildman–Crippen LogP) is 1.59. The van der Waals surface area contributed by atoms with Crippen LogP contribution in [-0.4, -0.2) is 32.3 Å². The fraction of sp³-hybridized carbons (Fsp3) is 0.571. The number of ether oxygens (including phenoxy) is 1.